The summed E-state index contributed by atoms with van der Waals surface area (Å²) in [6.07, 6.45) is 1.70. The van der Waals surface area contributed by atoms with Gasteiger partial charge in [-0.2, -0.15) is 0 Å². The van der Waals surface area contributed by atoms with E-state index in [0.29, 0.717) is 42.1 Å². The summed E-state index contributed by atoms with van der Waals surface area (Å²) in [4.78, 5) is 17.3. The number of thioether (sulfide) groups is 1. The first-order valence-corrected chi connectivity index (χ1v) is 11.7. The number of ether oxygens (including phenoxy) is 2. The Morgan fingerprint density at radius 1 is 1.00 bits per heavy atom. The van der Waals surface area contributed by atoms with E-state index in [9.17, 15) is 4.79 Å². The van der Waals surface area contributed by atoms with E-state index >= 15 is 0 Å². The van der Waals surface area contributed by atoms with Crippen LogP contribution in [0.5, 0.6) is 11.5 Å². The van der Waals surface area contributed by atoms with Crippen molar-refractivity contribution in [1.82, 2.24) is 5.32 Å². The first-order valence-electron chi connectivity index (χ1n) is 9.72. The maximum absolute atomic E-state index is 12.4. The zero-order chi connectivity index (χ0) is 23.4. The highest BCUT2D eigenvalue weighted by atomic mass is 35.5. The van der Waals surface area contributed by atoms with Gasteiger partial charge in [-0.05, 0) is 65.9 Å². The Kier molecular flexibility index (Phi) is 7.50. The van der Waals surface area contributed by atoms with Crippen LogP contribution in [0.4, 0.5) is 5.69 Å². The molecule has 3 aromatic rings. The van der Waals surface area contributed by atoms with Crippen molar-refractivity contribution in [2.75, 3.05) is 7.11 Å². The van der Waals surface area contributed by atoms with Crippen LogP contribution in [0.15, 0.2) is 70.6 Å². The molecular weight excluding hydrogens is 503 g/mol. The largest absolute Gasteiger partial charge is 0.497 e. The van der Waals surface area contributed by atoms with Gasteiger partial charge in [-0.25, -0.2) is 4.99 Å². The van der Waals surface area contributed by atoms with Crippen LogP contribution in [-0.2, 0) is 11.4 Å². The Balaban J connectivity index is 1.49. The summed E-state index contributed by atoms with van der Waals surface area (Å²) in [5.74, 6) is 0.833. The molecule has 1 aliphatic heterocycles. The lowest BCUT2D eigenvalue weighted by Gasteiger charge is -2.12. The van der Waals surface area contributed by atoms with Crippen molar-refractivity contribution in [3.05, 3.63) is 91.8 Å². The van der Waals surface area contributed by atoms with Crippen LogP contribution in [0.25, 0.3) is 6.08 Å². The van der Waals surface area contributed by atoms with E-state index in [1.165, 1.54) is 11.8 Å². The van der Waals surface area contributed by atoms with Crippen molar-refractivity contribution < 1.29 is 14.3 Å². The van der Waals surface area contributed by atoms with Gasteiger partial charge in [0.2, 0.25) is 0 Å². The molecule has 1 heterocycles. The third kappa shape index (κ3) is 5.84. The van der Waals surface area contributed by atoms with Gasteiger partial charge in [0.05, 0.1) is 27.7 Å². The number of halogens is 3. The second kappa shape index (κ2) is 10.5. The Bertz CT molecular complexity index is 1240. The van der Waals surface area contributed by atoms with Gasteiger partial charge < -0.3 is 14.8 Å². The highest BCUT2D eigenvalue weighted by Crippen LogP contribution is 2.37. The molecule has 0 saturated carbocycles. The Morgan fingerprint density at radius 3 is 2.36 bits per heavy atom. The molecular formula is C24H17Cl3N2O3S. The number of methoxy groups -OCH3 is 1. The molecule has 1 saturated heterocycles. The van der Waals surface area contributed by atoms with Crippen molar-refractivity contribution in [2.24, 2.45) is 4.99 Å². The number of nitrogens with one attached hydrogen (secondary N) is 1. The van der Waals surface area contributed by atoms with Crippen molar-refractivity contribution in [1.29, 1.82) is 0 Å². The van der Waals surface area contributed by atoms with Gasteiger partial charge in [-0.15, -0.1) is 0 Å². The monoisotopic (exact) mass is 518 g/mol. The minimum Gasteiger partial charge on any atom is -0.497 e. The van der Waals surface area contributed by atoms with E-state index in [4.69, 9.17) is 44.3 Å². The smallest absolute Gasteiger partial charge is 0.264 e. The normalized spacial score (nSPS) is 15.7. The van der Waals surface area contributed by atoms with E-state index in [1.54, 1.807) is 55.7 Å². The van der Waals surface area contributed by atoms with E-state index in [0.717, 1.165) is 11.3 Å². The number of hydrogen-bond acceptors (Lipinski definition) is 5. The van der Waals surface area contributed by atoms with E-state index < -0.39 is 0 Å². The standard InChI is InChI=1S/C24H17Cl3N2O3S/c1-31-17-8-6-16(7-9-17)28-24-29-23(30)21(33-24)12-14-10-19(26)22(20(27)11-14)32-13-15-4-2-3-5-18(15)25/h2-12H,13H2,1H3,(H,28,29,30)/b21-12-. The SMILES string of the molecule is COc1ccc(N=C2NC(=O)/C(=C/c3cc(Cl)c(OCc4ccccc4Cl)c(Cl)c3)S2)cc1. The molecule has 0 atom stereocenters. The molecule has 0 unspecified atom stereocenters. The van der Waals surface area contributed by atoms with Crippen LogP contribution < -0.4 is 14.8 Å². The first kappa shape index (κ1) is 23.5. The fourth-order valence-electron chi connectivity index (χ4n) is 2.97. The Hall–Kier alpha value is -2.64. The molecule has 0 aromatic heterocycles. The second-order valence-corrected chi connectivity index (χ2v) is 9.13. The average molecular weight is 520 g/mol. The number of benzene rings is 3. The summed E-state index contributed by atoms with van der Waals surface area (Å²) in [6, 6.07) is 18.0. The second-order valence-electron chi connectivity index (χ2n) is 6.87. The van der Waals surface area contributed by atoms with Crippen LogP contribution in [-0.4, -0.2) is 18.2 Å². The lowest BCUT2D eigenvalue weighted by Crippen LogP contribution is -2.19. The van der Waals surface area contributed by atoms with Gasteiger partial charge in [0.25, 0.3) is 5.91 Å². The summed E-state index contributed by atoms with van der Waals surface area (Å²) in [7, 11) is 1.60. The molecule has 0 aliphatic carbocycles. The third-order valence-electron chi connectivity index (χ3n) is 4.60. The molecule has 1 N–H and O–H groups in total. The quantitative estimate of drug-likeness (QED) is 0.352. The zero-order valence-corrected chi connectivity index (χ0v) is 20.4. The number of hydrogen-bond donors (Lipinski definition) is 1. The molecule has 1 fully saturated rings. The van der Waals surface area contributed by atoms with Crippen LogP contribution in [0.3, 0.4) is 0 Å². The fourth-order valence-corrected chi connectivity index (χ4v) is 4.62. The number of amides is 1. The molecule has 4 rings (SSSR count). The molecule has 3 aromatic carbocycles. The lowest BCUT2D eigenvalue weighted by molar-refractivity contribution is -0.115. The topological polar surface area (TPSA) is 59.9 Å². The zero-order valence-electron chi connectivity index (χ0n) is 17.3. The molecule has 0 spiro atoms. The number of rotatable bonds is 6. The van der Waals surface area contributed by atoms with Gasteiger partial charge in [0.1, 0.15) is 12.4 Å². The van der Waals surface area contributed by atoms with E-state index in [1.807, 2.05) is 18.2 Å². The summed E-state index contributed by atoms with van der Waals surface area (Å²) in [5, 5.41) is 4.50. The summed E-state index contributed by atoms with van der Waals surface area (Å²) in [5.41, 5.74) is 2.18. The highest BCUT2D eigenvalue weighted by molar-refractivity contribution is 8.18. The fraction of sp³-hybridized carbons (Fsp3) is 0.0833. The number of nitrogens with zero attached hydrogens (tertiary/aromatic N) is 1. The van der Waals surface area contributed by atoms with Gasteiger partial charge in [-0.3, -0.25) is 4.79 Å². The van der Waals surface area contributed by atoms with Crippen LogP contribution in [0, 0.1) is 0 Å². The molecule has 33 heavy (non-hydrogen) atoms. The predicted molar refractivity (Wildman–Crippen MR) is 136 cm³/mol. The lowest BCUT2D eigenvalue weighted by atomic mass is 10.2. The van der Waals surface area contributed by atoms with Gasteiger partial charge in [-0.1, -0.05) is 53.0 Å². The van der Waals surface area contributed by atoms with Crippen molar-refractivity contribution in [3.63, 3.8) is 0 Å². The number of amidine groups is 1. The maximum Gasteiger partial charge on any atom is 0.264 e. The van der Waals surface area contributed by atoms with Crippen LogP contribution >= 0.6 is 46.6 Å². The predicted octanol–water partition coefficient (Wildman–Crippen LogP) is 7.13. The van der Waals surface area contributed by atoms with Crippen molar-refractivity contribution in [2.45, 2.75) is 6.61 Å². The molecule has 168 valence electrons. The molecule has 5 nitrogen and oxygen atoms in total. The molecule has 1 amide bonds. The van der Waals surface area contributed by atoms with Crippen molar-refractivity contribution >= 4 is 69.4 Å². The highest BCUT2D eigenvalue weighted by Gasteiger charge is 2.24. The number of carbonyl (C=O) groups excluding carboxylic acids is 1. The minimum atomic E-state index is -0.251. The molecule has 1 aliphatic rings. The van der Waals surface area contributed by atoms with Gasteiger partial charge >= 0.3 is 0 Å². The minimum absolute atomic E-state index is 0.225. The Labute approximate surface area is 210 Å². The molecule has 0 bridgehead atoms. The van der Waals surface area contributed by atoms with Crippen LogP contribution in [0.2, 0.25) is 15.1 Å². The average Bonchev–Trinajstić information content (AvgIpc) is 3.13. The Morgan fingerprint density at radius 2 is 1.70 bits per heavy atom. The summed E-state index contributed by atoms with van der Waals surface area (Å²) in [6.45, 7) is 0.225. The third-order valence-corrected chi connectivity index (χ3v) is 6.44. The van der Waals surface area contributed by atoms with Gasteiger partial charge in [0, 0.05) is 10.6 Å². The van der Waals surface area contributed by atoms with E-state index in [-0.39, 0.29) is 12.5 Å². The van der Waals surface area contributed by atoms with Gasteiger partial charge in [0.15, 0.2) is 10.9 Å². The molecule has 0 radical (unpaired) electrons. The molecule has 9 heteroatoms. The van der Waals surface area contributed by atoms with Crippen LogP contribution in [0.1, 0.15) is 11.1 Å². The summed E-state index contributed by atoms with van der Waals surface area (Å²) < 4.78 is 10.9. The van der Waals surface area contributed by atoms with Crippen molar-refractivity contribution in [3.8, 4) is 11.5 Å². The summed E-state index contributed by atoms with van der Waals surface area (Å²) >= 11 is 20.2. The maximum atomic E-state index is 12.4. The first-order chi connectivity index (χ1) is 15.9. The number of carbonyl (C=O) groups is 1. The number of aliphatic imine (C=N–C) groups is 1. The van der Waals surface area contributed by atoms with E-state index in [2.05, 4.69) is 10.3 Å².